The lowest BCUT2D eigenvalue weighted by Gasteiger charge is -2.27. The molecular formula is C17H33N3S. The van der Waals surface area contributed by atoms with Crippen LogP contribution in [0.3, 0.4) is 0 Å². The topological polar surface area (TPSA) is 28.2 Å². The van der Waals surface area contributed by atoms with Gasteiger partial charge in [-0.1, -0.05) is 48.5 Å². The maximum Gasteiger partial charge on any atom is 0.185 e. The fourth-order valence-corrected chi connectivity index (χ4v) is 3.39. The van der Waals surface area contributed by atoms with E-state index in [0.29, 0.717) is 18.0 Å². The largest absolute Gasteiger partial charge is 0.348 e. The van der Waals surface area contributed by atoms with Crippen LogP contribution in [0.1, 0.15) is 66.0 Å². The molecule has 0 saturated carbocycles. The molecule has 0 amide bonds. The van der Waals surface area contributed by atoms with Crippen LogP contribution in [0, 0.1) is 5.92 Å². The molecule has 0 saturated heterocycles. The van der Waals surface area contributed by atoms with E-state index in [2.05, 4.69) is 72.7 Å². The Morgan fingerprint density at radius 2 is 1.71 bits per heavy atom. The molecule has 0 spiro atoms. The number of nitrogens with zero attached hydrogens (tertiary/aromatic N) is 2. The van der Waals surface area contributed by atoms with Gasteiger partial charge in [0.2, 0.25) is 0 Å². The minimum atomic E-state index is 0.0879. The van der Waals surface area contributed by atoms with Gasteiger partial charge in [-0.25, -0.2) is 4.98 Å². The van der Waals surface area contributed by atoms with E-state index in [0.717, 1.165) is 11.7 Å². The summed E-state index contributed by atoms with van der Waals surface area (Å²) < 4.78 is 0. The summed E-state index contributed by atoms with van der Waals surface area (Å²) >= 11 is 1.83. The second kappa shape index (κ2) is 7.10. The molecule has 0 fully saturated rings. The van der Waals surface area contributed by atoms with Crippen molar-refractivity contribution in [3.63, 3.8) is 0 Å². The van der Waals surface area contributed by atoms with E-state index < -0.39 is 0 Å². The molecule has 4 heteroatoms. The summed E-state index contributed by atoms with van der Waals surface area (Å²) in [5.41, 5.74) is 1.32. The number of hydrogen-bond acceptors (Lipinski definition) is 4. The van der Waals surface area contributed by atoms with E-state index in [1.807, 2.05) is 11.3 Å². The Morgan fingerprint density at radius 3 is 2.14 bits per heavy atom. The molecular weight excluding hydrogens is 278 g/mol. The molecule has 21 heavy (non-hydrogen) atoms. The number of nitrogens with one attached hydrogen (secondary N) is 1. The molecule has 1 aromatic heterocycles. The van der Waals surface area contributed by atoms with Crippen LogP contribution >= 0.6 is 11.3 Å². The Morgan fingerprint density at radius 1 is 1.14 bits per heavy atom. The summed E-state index contributed by atoms with van der Waals surface area (Å²) in [7, 11) is 2.16. The zero-order valence-electron chi connectivity index (χ0n) is 15.2. The lowest BCUT2D eigenvalue weighted by atomic mass is 9.91. The predicted octanol–water partition coefficient (Wildman–Crippen LogP) is 4.42. The molecule has 0 aromatic carbocycles. The van der Waals surface area contributed by atoms with Crippen LogP contribution in [-0.4, -0.2) is 24.1 Å². The van der Waals surface area contributed by atoms with Gasteiger partial charge >= 0.3 is 0 Å². The maximum absolute atomic E-state index is 4.97. The van der Waals surface area contributed by atoms with Crippen molar-refractivity contribution >= 4 is 16.5 Å². The van der Waals surface area contributed by atoms with Gasteiger partial charge in [0.1, 0.15) is 0 Å². The number of hydrogen-bond donors (Lipinski definition) is 1. The molecule has 1 heterocycles. The van der Waals surface area contributed by atoms with Gasteiger partial charge < -0.3 is 10.2 Å². The van der Waals surface area contributed by atoms with Gasteiger partial charge in [0.05, 0.1) is 5.69 Å². The van der Waals surface area contributed by atoms with Crippen molar-refractivity contribution in [2.75, 3.05) is 11.9 Å². The highest BCUT2D eigenvalue weighted by molar-refractivity contribution is 7.15. The second-order valence-corrected chi connectivity index (χ2v) is 8.71. The van der Waals surface area contributed by atoms with Crippen LogP contribution in [0.25, 0.3) is 0 Å². The molecule has 0 aliphatic heterocycles. The maximum atomic E-state index is 4.97. The van der Waals surface area contributed by atoms with Gasteiger partial charge in [-0.05, 0) is 12.8 Å². The molecule has 1 aromatic rings. The average Bonchev–Trinajstić information content (AvgIpc) is 2.78. The Labute approximate surface area is 135 Å². The highest BCUT2D eigenvalue weighted by Gasteiger charge is 2.26. The van der Waals surface area contributed by atoms with Crippen molar-refractivity contribution < 1.29 is 0 Å². The normalized spacial score (nSPS) is 14.0. The van der Waals surface area contributed by atoms with Crippen LogP contribution in [0.15, 0.2) is 0 Å². The van der Waals surface area contributed by atoms with Crippen LogP contribution in [-0.2, 0) is 12.0 Å². The Balaban J connectivity index is 3.08. The molecule has 1 unspecified atom stereocenters. The smallest absolute Gasteiger partial charge is 0.185 e. The van der Waals surface area contributed by atoms with Gasteiger partial charge in [-0.15, -0.1) is 11.3 Å². The average molecular weight is 312 g/mol. The minimum Gasteiger partial charge on any atom is -0.348 e. The van der Waals surface area contributed by atoms with Gasteiger partial charge in [-0.2, -0.15) is 0 Å². The van der Waals surface area contributed by atoms with Crippen molar-refractivity contribution in [1.82, 2.24) is 10.3 Å². The van der Waals surface area contributed by atoms with Gasteiger partial charge in [0.25, 0.3) is 0 Å². The number of aromatic nitrogens is 1. The van der Waals surface area contributed by atoms with Crippen LogP contribution in [0.2, 0.25) is 0 Å². The van der Waals surface area contributed by atoms with E-state index in [4.69, 9.17) is 4.98 Å². The molecule has 122 valence electrons. The van der Waals surface area contributed by atoms with Crippen LogP contribution < -0.4 is 10.2 Å². The lowest BCUT2D eigenvalue weighted by Crippen LogP contribution is -2.33. The molecule has 0 bridgehead atoms. The van der Waals surface area contributed by atoms with E-state index >= 15 is 0 Å². The third-order valence-electron chi connectivity index (χ3n) is 3.94. The summed E-state index contributed by atoms with van der Waals surface area (Å²) in [6.07, 6.45) is 0. The molecule has 1 atom stereocenters. The van der Waals surface area contributed by atoms with Gasteiger partial charge in [0, 0.05) is 36.0 Å². The summed E-state index contributed by atoms with van der Waals surface area (Å²) in [4.78, 5) is 8.66. The SMILES string of the molecule is CC(C)NCc1sc(N(C)C(C)C(C)C)nc1C(C)(C)C. The van der Waals surface area contributed by atoms with Crippen LogP contribution in [0.5, 0.6) is 0 Å². The minimum absolute atomic E-state index is 0.0879. The molecule has 1 rings (SSSR count). The fraction of sp³-hybridized carbons (Fsp3) is 0.824. The highest BCUT2D eigenvalue weighted by Crippen LogP contribution is 2.34. The third-order valence-corrected chi connectivity index (χ3v) is 5.09. The van der Waals surface area contributed by atoms with Crippen molar-refractivity contribution in [1.29, 1.82) is 0 Å². The van der Waals surface area contributed by atoms with Crippen molar-refractivity contribution in [3.05, 3.63) is 10.6 Å². The number of rotatable bonds is 6. The summed E-state index contributed by atoms with van der Waals surface area (Å²) in [6.45, 7) is 18.8. The molecule has 0 aliphatic carbocycles. The first-order valence-electron chi connectivity index (χ1n) is 8.00. The molecule has 1 N–H and O–H groups in total. The van der Waals surface area contributed by atoms with E-state index in [-0.39, 0.29) is 5.41 Å². The zero-order chi connectivity index (χ0) is 16.4. The zero-order valence-corrected chi connectivity index (χ0v) is 16.1. The molecule has 0 radical (unpaired) electrons. The first kappa shape index (κ1) is 18.4. The second-order valence-electron chi connectivity index (χ2n) is 7.65. The number of thiazole rings is 1. The van der Waals surface area contributed by atoms with Gasteiger partial charge in [0.15, 0.2) is 5.13 Å². The first-order valence-corrected chi connectivity index (χ1v) is 8.82. The number of anilines is 1. The lowest BCUT2D eigenvalue weighted by molar-refractivity contribution is 0.502. The first-order chi connectivity index (χ1) is 9.54. The predicted molar refractivity (Wildman–Crippen MR) is 95.5 cm³/mol. The molecule has 0 aliphatic rings. The Bertz CT molecular complexity index is 443. The highest BCUT2D eigenvalue weighted by atomic mass is 32.1. The monoisotopic (exact) mass is 311 g/mol. The fourth-order valence-electron chi connectivity index (χ4n) is 2.11. The standard InChI is InChI=1S/C17H33N3S/c1-11(2)13(5)20(9)16-19-15(17(6,7)8)14(21-16)10-18-12(3)4/h11-13,18H,10H2,1-9H3. The Hall–Kier alpha value is -0.610. The summed E-state index contributed by atoms with van der Waals surface area (Å²) in [6, 6.07) is 0.991. The van der Waals surface area contributed by atoms with E-state index in [1.165, 1.54) is 10.6 Å². The van der Waals surface area contributed by atoms with Crippen molar-refractivity contribution in [2.24, 2.45) is 5.92 Å². The van der Waals surface area contributed by atoms with Crippen molar-refractivity contribution in [3.8, 4) is 0 Å². The van der Waals surface area contributed by atoms with Crippen molar-refractivity contribution in [2.45, 2.75) is 79.4 Å². The summed E-state index contributed by atoms with van der Waals surface area (Å²) in [5.74, 6) is 0.620. The summed E-state index contributed by atoms with van der Waals surface area (Å²) in [5, 5.41) is 4.67. The van der Waals surface area contributed by atoms with Crippen LogP contribution in [0.4, 0.5) is 5.13 Å². The Kier molecular flexibility index (Phi) is 6.23. The van der Waals surface area contributed by atoms with Gasteiger partial charge in [-0.3, -0.25) is 0 Å². The quantitative estimate of drug-likeness (QED) is 0.843. The van der Waals surface area contributed by atoms with E-state index in [9.17, 15) is 0 Å². The van der Waals surface area contributed by atoms with E-state index in [1.54, 1.807) is 0 Å². The molecule has 3 nitrogen and oxygen atoms in total. The third kappa shape index (κ3) is 4.96.